The minimum Gasteiger partial charge on any atom is -0.462 e. The molecule has 0 saturated carbocycles. The maximum absolute atomic E-state index is 12.9. The van der Waals surface area contributed by atoms with Crippen LogP contribution in [0.1, 0.15) is 36.2 Å². The molecule has 0 bridgehead atoms. The van der Waals surface area contributed by atoms with E-state index < -0.39 is 5.76 Å². The summed E-state index contributed by atoms with van der Waals surface area (Å²) in [6.07, 6.45) is 0.887. The molecule has 0 fully saturated rings. The lowest BCUT2D eigenvalue weighted by atomic mass is 9.98. The maximum atomic E-state index is 12.9. The summed E-state index contributed by atoms with van der Waals surface area (Å²) in [5.74, 6) is -0.0311. The second-order valence-electron chi connectivity index (χ2n) is 8.87. The number of nitrogens with zero attached hydrogens (tertiary/aromatic N) is 3. The van der Waals surface area contributed by atoms with Crippen LogP contribution < -0.4 is 10.7 Å². The highest BCUT2D eigenvalue weighted by atomic mass is 16.5. The number of pyridine rings is 1. The fraction of sp³-hybridized carbons (Fsp3) is 0.200. The van der Waals surface area contributed by atoms with E-state index in [-0.39, 0.29) is 5.97 Å². The molecule has 8 nitrogen and oxygen atoms in total. The smallest absolute Gasteiger partial charge is 0.460 e. The van der Waals surface area contributed by atoms with Gasteiger partial charge in [-0.2, -0.15) is 10.1 Å². The number of carbonyl (C=O) groups excluding carboxylic acids is 1. The third-order valence-electron chi connectivity index (χ3n) is 6.25. The van der Waals surface area contributed by atoms with Gasteiger partial charge in [0.2, 0.25) is 0 Å². The van der Waals surface area contributed by atoms with Crippen LogP contribution in [0.5, 0.6) is 0 Å². The average Bonchev–Trinajstić information content (AvgIpc) is 3.38. The van der Waals surface area contributed by atoms with Crippen LogP contribution in [-0.2, 0) is 11.3 Å². The van der Waals surface area contributed by atoms with Gasteiger partial charge in [-0.05, 0) is 42.2 Å². The number of benzene rings is 3. The fourth-order valence-corrected chi connectivity index (χ4v) is 4.53. The number of esters is 1. The third kappa shape index (κ3) is 5.20. The van der Waals surface area contributed by atoms with Crippen molar-refractivity contribution in [2.45, 2.75) is 26.8 Å². The molecule has 0 atom stereocenters. The second kappa shape index (κ2) is 11.1. The van der Waals surface area contributed by atoms with E-state index in [2.05, 4.69) is 34.1 Å². The van der Waals surface area contributed by atoms with Crippen molar-refractivity contribution >= 4 is 22.7 Å². The highest BCUT2D eigenvalue weighted by Gasteiger charge is 2.21. The predicted octanol–water partition coefficient (Wildman–Crippen LogP) is 5.84. The second-order valence-corrected chi connectivity index (χ2v) is 8.87. The molecular weight excluding hydrogens is 480 g/mol. The number of para-hydroxylation sites is 1. The summed E-state index contributed by atoms with van der Waals surface area (Å²) in [4.78, 5) is 35.3. The van der Waals surface area contributed by atoms with Gasteiger partial charge >= 0.3 is 11.7 Å². The monoisotopic (exact) mass is 508 g/mol. The number of aromatic nitrogens is 3. The largest absolute Gasteiger partial charge is 0.462 e. The normalized spacial score (nSPS) is 11.0. The van der Waals surface area contributed by atoms with Crippen molar-refractivity contribution in [2.24, 2.45) is 0 Å². The summed E-state index contributed by atoms with van der Waals surface area (Å²) < 4.78 is 10.1. The Kier molecular flexibility index (Phi) is 7.31. The molecule has 192 valence electrons. The van der Waals surface area contributed by atoms with Crippen LogP contribution in [0.25, 0.3) is 33.4 Å². The predicted molar refractivity (Wildman–Crippen MR) is 147 cm³/mol. The number of ether oxygens (including phenoxy) is 1. The van der Waals surface area contributed by atoms with Crippen molar-refractivity contribution in [1.82, 2.24) is 15.1 Å². The lowest BCUT2D eigenvalue weighted by Gasteiger charge is -2.26. The summed E-state index contributed by atoms with van der Waals surface area (Å²) in [5.41, 5.74) is 5.04. The summed E-state index contributed by atoms with van der Waals surface area (Å²) in [5, 5.41) is 3.48. The third-order valence-corrected chi connectivity index (χ3v) is 6.25. The SMILES string of the molecule is CCCN(Cc1ccc(-c2ccccc2-c2nc(=O)o[nH]2)cc1)c1nc2ccccc2cc1C(=O)OCC. The van der Waals surface area contributed by atoms with E-state index in [1.54, 1.807) is 6.92 Å². The van der Waals surface area contributed by atoms with Gasteiger partial charge in [0.1, 0.15) is 11.4 Å². The lowest BCUT2D eigenvalue weighted by molar-refractivity contribution is 0.0527. The van der Waals surface area contributed by atoms with Gasteiger partial charge in [0.25, 0.3) is 0 Å². The van der Waals surface area contributed by atoms with E-state index in [1.807, 2.05) is 66.7 Å². The molecule has 1 N–H and O–H groups in total. The van der Waals surface area contributed by atoms with Crippen LogP contribution in [0.15, 0.2) is 88.2 Å². The quantitative estimate of drug-likeness (QED) is 0.250. The Hall–Kier alpha value is -4.72. The number of hydrogen-bond acceptors (Lipinski definition) is 7. The number of hydrogen-bond donors (Lipinski definition) is 1. The van der Waals surface area contributed by atoms with E-state index in [0.29, 0.717) is 30.4 Å². The summed E-state index contributed by atoms with van der Waals surface area (Å²) >= 11 is 0. The topological polar surface area (TPSA) is 101 Å². The highest BCUT2D eigenvalue weighted by molar-refractivity contribution is 5.99. The van der Waals surface area contributed by atoms with E-state index in [9.17, 15) is 9.59 Å². The molecule has 2 heterocycles. The Labute approximate surface area is 219 Å². The van der Waals surface area contributed by atoms with E-state index >= 15 is 0 Å². The zero-order valence-corrected chi connectivity index (χ0v) is 21.3. The molecule has 0 aliphatic rings. The molecule has 0 radical (unpaired) electrons. The van der Waals surface area contributed by atoms with Crippen LogP contribution in [-0.4, -0.2) is 34.2 Å². The first-order valence-corrected chi connectivity index (χ1v) is 12.6. The van der Waals surface area contributed by atoms with Crippen molar-refractivity contribution in [3.63, 3.8) is 0 Å². The first-order chi connectivity index (χ1) is 18.6. The molecule has 0 amide bonds. The molecule has 0 aliphatic carbocycles. The molecule has 8 heteroatoms. The zero-order valence-electron chi connectivity index (χ0n) is 21.3. The number of aromatic amines is 1. The molecule has 5 aromatic rings. The van der Waals surface area contributed by atoms with Crippen molar-refractivity contribution in [3.05, 3.63) is 101 Å². The van der Waals surface area contributed by atoms with Crippen LogP contribution in [0, 0.1) is 0 Å². The molecule has 38 heavy (non-hydrogen) atoms. The van der Waals surface area contributed by atoms with Crippen molar-refractivity contribution in [3.8, 4) is 22.5 Å². The first kappa shape index (κ1) is 25.0. The Bertz CT molecular complexity index is 1620. The summed E-state index contributed by atoms with van der Waals surface area (Å²) in [6.45, 7) is 5.50. The standard InChI is InChI=1S/C30H28N4O4/c1-3-17-34(28-25(29(35)37-4-2)18-22-9-5-8-12-26(22)31-28)19-20-13-15-21(16-14-20)23-10-6-7-11-24(23)27-32-30(36)38-33-27/h5-16,18H,3-4,17,19H2,1-2H3,(H,32,33,36). The molecule has 0 unspecified atom stereocenters. The van der Waals surface area contributed by atoms with Crippen molar-refractivity contribution in [1.29, 1.82) is 0 Å². The van der Waals surface area contributed by atoms with Crippen LogP contribution in [0.3, 0.4) is 0 Å². The Morgan fingerprint density at radius 1 is 0.947 bits per heavy atom. The Morgan fingerprint density at radius 3 is 2.39 bits per heavy atom. The van der Waals surface area contributed by atoms with Gasteiger partial charge in [-0.3, -0.25) is 0 Å². The van der Waals surface area contributed by atoms with Gasteiger partial charge in [-0.15, -0.1) is 0 Å². The minimum atomic E-state index is -0.661. The van der Waals surface area contributed by atoms with Crippen LogP contribution in [0.4, 0.5) is 5.82 Å². The van der Waals surface area contributed by atoms with Crippen molar-refractivity contribution < 1.29 is 14.1 Å². The molecule has 5 rings (SSSR count). The molecule has 0 aliphatic heterocycles. The average molecular weight is 509 g/mol. The molecule has 3 aromatic carbocycles. The number of anilines is 1. The molecule has 2 aromatic heterocycles. The van der Waals surface area contributed by atoms with Crippen LogP contribution >= 0.6 is 0 Å². The van der Waals surface area contributed by atoms with E-state index in [4.69, 9.17) is 14.2 Å². The lowest BCUT2D eigenvalue weighted by Crippen LogP contribution is -2.27. The van der Waals surface area contributed by atoms with Gasteiger partial charge < -0.3 is 14.2 Å². The maximum Gasteiger partial charge on any atom is 0.460 e. The first-order valence-electron chi connectivity index (χ1n) is 12.6. The number of nitrogens with one attached hydrogen (secondary N) is 1. The molecule has 0 spiro atoms. The van der Waals surface area contributed by atoms with Gasteiger partial charge in [0, 0.05) is 24.0 Å². The molecule has 0 saturated heterocycles. The summed E-state index contributed by atoms with van der Waals surface area (Å²) in [6, 6.07) is 25.5. The zero-order chi connectivity index (χ0) is 26.5. The van der Waals surface area contributed by atoms with Crippen LogP contribution in [0.2, 0.25) is 0 Å². The Morgan fingerprint density at radius 2 is 1.68 bits per heavy atom. The summed E-state index contributed by atoms with van der Waals surface area (Å²) in [7, 11) is 0. The Balaban J connectivity index is 1.48. The van der Waals surface area contributed by atoms with Crippen molar-refractivity contribution in [2.75, 3.05) is 18.1 Å². The number of fused-ring (bicyclic) bond motifs is 1. The van der Waals surface area contributed by atoms with E-state index in [1.165, 1.54) is 0 Å². The number of H-pyrrole nitrogens is 1. The number of carbonyl (C=O) groups is 1. The van der Waals surface area contributed by atoms with E-state index in [0.717, 1.165) is 46.1 Å². The molecular formula is C30H28N4O4. The fourth-order valence-electron chi connectivity index (χ4n) is 4.53. The van der Waals surface area contributed by atoms with Gasteiger partial charge in [-0.1, -0.05) is 73.7 Å². The number of rotatable bonds is 9. The van der Waals surface area contributed by atoms with Gasteiger partial charge in [-0.25, -0.2) is 14.6 Å². The highest BCUT2D eigenvalue weighted by Crippen LogP contribution is 2.31. The minimum absolute atomic E-state index is 0.296. The van der Waals surface area contributed by atoms with Gasteiger partial charge in [0.05, 0.1) is 12.1 Å². The van der Waals surface area contributed by atoms with Gasteiger partial charge in [0.15, 0.2) is 5.82 Å².